The lowest BCUT2D eigenvalue weighted by molar-refractivity contribution is 0.0898. The predicted molar refractivity (Wildman–Crippen MR) is 107 cm³/mol. The first-order chi connectivity index (χ1) is 14.0. The second kappa shape index (κ2) is 9.20. The normalized spacial score (nSPS) is 10.4. The lowest BCUT2D eigenvalue weighted by Gasteiger charge is -2.07. The summed E-state index contributed by atoms with van der Waals surface area (Å²) in [5.74, 6) is -0.268. The Morgan fingerprint density at radius 2 is 1.83 bits per heavy atom. The predicted octanol–water partition coefficient (Wildman–Crippen LogP) is 2.87. The van der Waals surface area contributed by atoms with Gasteiger partial charge >= 0.3 is 11.8 Å². The molecule has 0 aliphatic heterocycles. The largest absolute Gasteiger partial charge is 0.496 e. The molecule has 0 spiro atoms. The molecule has 1 heterocycles. The molecule has 0 aliphatic carbocycles. The van der Waals surface area contributed by atoms with Gasteiger partial charge in [-0.25, -0.2) is 0 Å². The molecule has 3 rings (SSSR count). The fraction of sp³-hybridized carbons (Fsp3) is 0.200. The molecule has 1 aromatic heterocycles. The number of rotatable bonds is 7. The fourth-order valence-corrected chi connectivity index (χ4v) is 2.80. The van der Waals surface area contributed by atoms with E-state index in [0.717, 1.165) is 5.56 Å². The van der Waals surface area contributed by atoms with E-state index in [2.05, 4.69) is 20.8 Å². The molecule has 150 valence electrons. The minimum Gasteiger partial charge on any atom is -0.496 e. The highest BCUT2D eigenvalue weighted by molar-refractivity contribution is 6.30. The van der Waals surface area contributed by atoms with Crippen molar-refractivity contribution in [2.45, 2.75) is 6.92 Å². The summed E-state index contributed by atoms with van der Waals surface area (Å²) in [6.07, 6.45) is 0. The number of hydrogen-bond donors (Lipinski definition) is 2. The van der Waals surface area contributed by atoms with Gasteiger partial charge in [-0.3, -0.25) is 9.59 Å². The summed E-state index contributed by atoms with van der Waals surface area (Å²) in [6, 6.07) is 12.2. The number of ether oxygens (including phenoxy) is 1. The quantitative estimate of drug-likeness (QED) is 0.576. The lowest BCUT2D eigenvalue weighted by atomic mass is 10.1. The lowest BCUT2D eigenvalue weighted by Crippen LogP contribution is -2.35. The number of aromatic nitrogens is 2. The molecular formula is C20H19ClN4O4. The minimum atomic E-state index is -0.546. The van der Waals surface area contributed by atoms with Gasteiger partial charge in [0, 0.05) is 23.7 Å². The van der Waals surface area contributed by atoms with Crippen LogP contribution in [0.2, 0.25) is 5.02 Å². The van der Waals surface area contributed by atoms with Gasteiger partial charge in [-0.15, -0.1) is 0 Å². The Kier molecular flexibility index (Phi) is 6.46. The molecule has 9 heteroatoms. The van der Waals surface area contributed by atoms with Crippen LogP contribution in [0.4, 0.5) is 0 Å². The van der Waals surface area contributed by atoms with E-state index >= 15 is 0 Å². The number of aryl methyl sites for hydroxylation is 1. The van der Waals surface area contributed by atoms with Crippen molar-refractivity contribution in [1.29, 1.82) is 0 Å². The van der Waals surface area contributed by atoms with Crippen LogP contribution in [0.15, 0.2) is 47.0 Å². The third-order valence-corrected chi connectivity index (χ3v) is 4.34. The van der Waals surface area contributed by atoms with Gasteiger partial charge < -0.3 is 19.9 Å². The standard InChI is InChI=1S/C20H19ClN4O4/c1-12-5-3-4-6-14(12)18(26)22-9-10-23-19(27)20-24-17(25-29-20)15-11-13(21)7-8-16(15)28-2/h3-8,11H,9-10H2,1-2H3,(H,22,26)(H,23,27). The van der Waals surface area contributed by atoms with Crippen molar-refractivity contribution < 1.29 is 18.8 Å². The average Bonchev–Trinajstić information content (AvgIpc) is 3.21. The molecule has 0 saturated carbocycles. The molecule has 3 aromatic rings. The van der Waals surface area contributed by atoms with Gasteiger partial charge in [-0.2, -0.15) is 4.98 Å². The van der Waals surface area contributed by atoms with Crippen LogP contribution in [-0.2, 0) is 0 Å². The number of hydrogen-bond acceptors (Lipinski definition) is 6. The summed E-state index contributed by atoms with van der Waals surface area (Å²) >= 11 is 6.00. The van der Waals surface area contributed by atoms with E-state index in [9.17, 15) is 9.59 Å². The van der Waals surface area contributed by atoms with Crippen molar-refractivity contribution in [2.24, 2.45) is 0 Å². The zero-order valence-electron chi connectivity index (χ0n) is 15.9. The smallest absolute Gasteiger partial charge is 0.316 e. The van der Waals surface area contributed by atoms with E-state index in [0.29, 0.717) is 21.9 Å². The zero-order chi connectivity index (χ0) is 20.8. The first-order valence-corrected chi connectivity index (χ1v) is 9.17. The summed E-state index contributed by atoms with van der Waals surface area (Å²) < 4.78 is 10.3. The van der Waals surface area contributed by atoms with E-state index in [4.69, 9.17) is 20.9 Å². The molecule has 0 atom stereocenters. The number of nitrogens with zero attached hydrogens (tertiary/aromatic N) is 2. The Labute approximate surface area is 172 Å². The summed E-state index contributed by atoms with van der Waals surface area (Å²) in [5, 5.41) is 9.65. The van der Waals surface area contributed by atoms with Gasteiger partial charge in [-0.1, -0.05) is 35.0 Å². The number of amides is 2. The maximum Gasteiger partial charge on any atom is 0.316 e. The van der Waals surface area contributed by atoms with Crippen molar-refractivity contribution in [2.75, 3.05) is 20.2 Å². The van der Waals surface area contributed by atoms with Crippen molar-refractivity contribution in [1.82, 2.24) is 20.8 Å². The molecule has 0 aliphatic rings. The molecule has 0 radical (unpaired) electrons. The van der Waals surface area contributed by atoms with Crippen LogP contribution in [0, 0.1) is 6.92 Å². The number of carbonyl (C=O) groups excluding carboxylic acids is 2. The maximum absolute atomic E-state index is 12.2. The molecule has 0 saturated heterocycles. The topological polar surface area (TPSA) is 106 Å². The Balaban J connectivity index is 1.55. The van der Waals surface area contributed by atoms with Gasteiger partial charge in [0.1, 0.15) is 5.75 Å². The molecule has 0 unspecified atom stereocenters. The van der Waals surface area contributed by atoms with E-state index < -0.39 is 5.91 Å². The monoisotopic (exact) mass is 414 g/mol. The van der Waals surface area contributed by atoms with Crippen molar-refractivity contribution in [3.05, 3.63) is 64.5 Å². The van der Waals surface area contributed by atoms with Crippen molar-refractivity contribution >= 4 is 23.4 Å². The van der Waals surface area contributed by atoms with Gasteiger partial charge in [0.2, 0.25) is 5.82 Å². The zero-order valence-corrected chi connectivity index (χ0v) is 16.6. The van der Waals surface area contributed by atoms with Crippen LogP contribution in [0.25, 0.3) is 11.4 Å². The first-order valence-electron chi connectivity index (χ1n) is 8.79. The third-order valence-electron chi connectivity index (χ3n) is 4.11. The highest BCUT2D eigenvalue weighted by atomic mass is 35.5. The number of methoxy groups -OCH3 is 1. The molecule has 2 aromatic carbocycles. The second-order valence-electron chi connectivity index (χ2n) is 6.09. The van der Waals surface area contributed by atoms with E-state index in [1.165, 1.54) is 7.11 Å². The Morgan fingerprint density at radius 1 is 1.10 bits per heavy atom. The summed E-state index contributed by atoms with van der Waals surface area (Å²) in [4.78, 5) is 28.4. The summed E-state index contributed by atoms with van der Waals surface area (Å²) in [7, 11) is 1.51. The van der Waals surface area contributed by atoms with E-state index in [-0.39, 0.29) is 30.7 Å². The minimum absolute atomic E-state index is 0.183. The highest BCUT2D eigenvalue weighted by Gasteiger charge is 2.18. The molecule has 0 fully saturated rings. The Morgan fingerprint density at radius 3 is 2.55 bits per heavy atom. The van der Waals surface area contributed by atoms with Gasteiger partial charge in [0.15, 0.2) is 0 Å². The van der Waals surface area contributed by atoms with Gasteiger partial charge in [-0.05, 0) is 36.8 Å². The van der Waals surface area contributed by atoms with Crippen LogP contribution in [0.3, 0.4) is 0 Å². The maximum atomic E-state index is 12.2. The molecule has 2 amide bonds. The van der Waals surface area contributed by atoms with Crippen LogP contribution in [0.1, 0.15) is 26.6 Å². The number of nitrogens with one attached hydrogen (secondary N) is 2. The van der Waals surface area contributed by atoms with E-state index in [1.807, 2.05) is 19.1 Å². The van der Waals surface area contributed by atoms with E-state index in [1.54, 1.807) is 30.3 Å². The summed E-state index contributed by atoms with van der Waals surface area (Å²) in [6.45, 7) is 2.31. The third kappa shape index (κ3) is 4.91. The highest BCUT2D eigenvalue weighted by Crippen LogP contribution is 2.30. The second-order valence-corrected chi connectivity index (χ2v) is 6.53. The van der Waals surface area contributed by atoms with Crippen LogP contribution in [-0.4, -0.2) is 42.2 Å². The Bertz CT molecular complexity index is 1030. The fourth-order valence-electron chi connectivity index (χ4n) is 2.63. The first kappa shape index (κ1) is 20.3. The molecule has 8 nitrogen and oxygen atoms in total. The van der Waals surface area contributed by atoms with Crippen molar-refractivity contribution in [3.63, 3.8) is 0 Å². The Hall–Kier alpha value is -3.39. The molecular weight excluding hydrogens is 396 g/mol. The van der Waals surface area contributed by atoms with Gasteiger partial charge in [0.05, 0.1) is 12.7 Å². The van der Waals surface area contributed by atoms with Gasteiger partial charge in [0.25, 0.3) is 5.91 Å². The number of halogens is 1. The van der Waals surface area contributed by atoms with Crippen LogP contribution in [0.5, 0.6) is 5.75 Å². The molecule has 2 N–H and O–H groups in total. The summed E-state index contributed by atoms with van der Waals surface area (Å²) in [5.41, 5.74) is 1.98. The van der Waals surface area contributed by atoms with Crippen LogP contribution >= 0.6 is 11.6 Å². The van der Waals surface area contributed by atoms with Crippen molar-refractivity contribution in [3.8, 4) is 17.1 Å². The SMILES string of the molecule is COc1ccc(Cl)cc1-c1noc(C(=O)NCCNC(=O)c2ccccc2C)n1. The average molecular weight is 415 g/mol. The van der Waals surface area contributed by atoms with Crippen LogP contribution < -0.4 is 15.4 Å². The molecule has 0 bridgehead atoms. The number of carbonyl (C=O) groups is 2. The molecule has 29 heavy (non-hydrogen) atoms. The number of benzene rings is 2.